The van der Waals surface area contributed by atoms with Gasteiger partial charge in [-0.3, -0.25) is 4.90 Å². The van der Waals surface area contributed by atoms with Gasteiger partial charge in [0.2, 0.25) is 0 Å². The number of nitrogens with zero attached hydrogens (tertiary/aromatic N) is 1. The maximum Gasteiger partial charge on any atom is 0.0309 e. The van der Waals surface area contributed by atoms with Gasteiger partial charge in [0.15, 0.2) is 0 Å². The fraction of sp³-hybridized carbons (Fsp3) is 0.667. The summed E-state index contributed by atoms with van der Waals surface area (Å²) in [5.41, 5.74) is 1.85. The number of hydrogen-bond donors (Lipinski definition) is 1. The molecule has 1 aromatic carbocycles. The normalized spacial score (nSPS) is 31.4. The Balaban J connectivity index is 1.50. The highest BCUT2D eigenvalue weighted by molar-refractivity contribution is 5.14. The lowest BCUT2D eigenvalue weighted by Gasteiger charge is -2.45. The van der Waals surface area contributed by atoms with Crippen LogP contribution in [0.2, 0.25) is 0 Å². The minimum Gasteiger partial charge on any atom is -0.308 e. The highest BCUT2D eigenvalue weighted by Crippen LogP contribution is 2.41. The second-order valence-electron chi connectivity index (χ2n) is 6.98. The van der Waals surface area contributed by atoms with E-state index < -0.39 is 0 Å². The van der Waals surface area contributed by atoms with Gasteiger partial charge in [-0.1, -0.05) is 30.3 Å². The summed E-state index contributed by atoms with van der Waals surface area (Å²) in [6.45, 7) is 8.41. The average molecular weight is 272 g/mol. The van der Waals surface area contributed by atoms with Crippen molar-refractivity contribution in [1.29, 1.82) is 0 Å². The molecule has 20 heavy (non-hydrogen) atoms. The molecule has 0 amide bonds. The van der Waals surface area contributed by atoms with Crippen molar-refractivity contribution in [2.45, 2.75) is 51.1 Å². The lowest BCUT2D eigenvalue weighted by atomic mass is 9.91. The fourth-order valence-corrected chi connectivity index (χ4v) is 3.57. The molecule has 1 aromatic rings. The van der Waals surface area contributed by atoms with Gasteiger partial charge in [0.1, 0.15) is 0 Å². The molecule has 2 unspecified atom stereocenters. The summed E-state index contributed by atoms with van der Waals surface area (Å²) in [7, 11) is 0. The minimum atomic E-state index is 0.374. The summed E-state index contributed by atoms with van der Waals surface area (Å²) in [5, 5.41) is 3.80. The summed E-state index contributed by atoms with van der Waals surface area (Å²) in [6.07, 6.45) is 5.33. The van der Waals surface area contributed by atoms with Crippen LogP contribution in [-0.2, 0) is 6.42 Å². The van der Waals surface area contributed by atoms with Crippen molar-refractivity contribution in [2.75, 3.05) is 19.6 Å². The Kier molecular flexibility index (Phi) is 4.13. The number of nitrogens with one attached hydrogen (secondary N) is 1. The van der Waals surface area contributed by atoms with E-state index in [4.69, 9.17) is 0 Å². The standard InChI is InChI=1S/C18H28N2/c1-15-13-19-18(2,17-10-11-17)14-20(15)12-6-9-16-7-4-3-5-8-16/h3-5,7-8,15,17,19H,6,9-14H2,1-2H3. The Morgan fingerprint density at radius 3 is 2.70 bits per heavy atom. The summed E-state index contributed by atoms with van der Waals surface area (Å²) >= 11 is 0. The van der Waals surface area contributed by atoms with E-state index in [9.17, 15) is 0 Å². The maximum atomic E-state index is 3.80. The van der Waals surface area contributed by atoms with E-state index in [-0.39, 0.29) is 0 Å². The topological polar surface area (TPSA) is 15.3 Å². The van der Waals surface area contributed by atoms with E-state index in [1.165, 1.54) is 44.3 Å². The third kappa shape index (κ3) is 3.24. The largest absolute Gasteiger partial charge is 0.308 e. The molecule has 1 aliphatic heterocycles. The number of benzene rings is 1. The molecule has 2 nitrogen and oxygen atoms in total. The van der Waals surface area contributed by atoms with E-state index in [1.54, 1.807) is 0 Å². The first-order valence-corrected chi connectivity index (χ1v) is 8.20. The third-order valence-electron chi connectivity index (χ3n) is 5.19. The molecule has 2 heteroatoms. The molecule has 2 aliphatic rings. The smallest absolute Gasteiger partial charge is 0.0309 e. The molecule has 1 N–H and O–H groups in total. The van der Waals surface area contributed by atoms with Gasteiger partial charge in [0.25, 0.3) is 0 Å². The molecule has 1 saturated heterocycles. The summed E-state index contributed by atoms with van der Waals surface area (Å²) in [4.78, 5) is 2.71. The van der Waals surface area contributed by atoms with Crippen LogP contribution in [0.3, 0.4) is 0 Å². The van der Waals surface area contributed by atoms with Crippen molar-refractivity contribution >= 4 is 0 Å². The Morgan fingerprint density at radius 2 is 2.00 bits per heavy atom. The molecular formula is C18H28N2. The number of hydrogen-bond acceptors (Lipinski definition) is 2. The van der Waals surface area contributed by atoms with Gasteiger partial charge >= 0.3 is 0 Å². The van der Waals surface area contributed by atoms with Crippen LogP contribution in [0.5, 0.6) is 0 Å². The molecule has 0 bridgehead atoms. The molecule has 2 fully saturated rings. The SMILES string of the molecule is CC1CNC(C)(C2CC2)CN1CCCc1ccccc1. The monoisotopic (exact) mass is 272 g/mol. The molecule has 110 valence electrons. The van der Waals surface area contributed by atoms with Gasteiger partial charge in [-0.25, -0.2) is 0 Å². The van der Waals surface area contributed by atoms with Crippen molar-refractivity contribution < 1.29 is 0 Å². The predicted octanol–water partition coefficient (Wildman–Crippen LogP) is 3.08. The molecule has 3 rings (SSSR count). The van der Waals surface area contributed by atoms with Crippen molar-refractivity contribution in [3.05, 3.63) is 35.9 Å². The van der Waals surface area contributed by atoms with Crippen molar-refractivity contribution in [2.24, 2.45) is 5.92 Å². The molecule has 1 heterocycles. The van der Waals surface area contributed by atoms with Gasteiger partial charge in [0, 0.05) is 24.7 Å². The van der Waals surface area contributed by atoms with Gasteiger partial charge < -0.3 is 5.32 Å². The summed E-state index contributed by atoms with van der Waals surface area (Å²) in [5.74, 6) is 0.923. The molecule has 0 spiro atoms. The van der Waals surface area contributed by atoms with Gasteiger partial charge in [-0.15, -0.1) is 0 Å². The van der Waals surface area contributed by atoms with Crippen LogP contribution in [0.1, 0.15) is 38.7 Å². The van der Waals surface area contributed by atoms with Crippen LogP contribution < -0.4 is 5.32 Å². The van der Waals surface area contributed by atoms with Crippen molar-refractivity contribution in [3.8, 4) is 0 Å². The van der Waals surface area contributed by atoms with E-state index in [0.29, 0.717) is 11.6 Å². The summed E-state index contributed by atoms with van der Waals surface area (Å²) in [6, 6.07) is 11.6. The fourth-order valence-electron chi connectivity index (χ4n) is 3.57. The van der Waals surface area contributed by atoms with E-state index in [0.717, 1.165) is 12.5 Å². The molecular weight excluding hydrogens is 244 g/mol. The zero-order chi connectivity index (χ0) is 14.0. The first kappa shape index (κ1) is 14.1. The lowest BCUT2D eigenvalue weighted by Crippen LogP contribution is -2.63. The van der Waals surface area contributed by atoms with E-state index in [2.05, 4.69) is 54.4 Å². The predicted molar refractivity (Wildman–Crippen MR) is 84.9 cm³/mol. The molecule has 2 atom stereocenters. The van der Waals surface area contributed by atoms with Crippen molar-refractivity contribution in [1.82, 2.24) is 10.2 Å². The van der Waals surface area contributed by atoms with Crippen LogP contribution >= 0.6 is 0 Å². The highest BCUT2D eigenvalue weighted by atomic mass is 15.2. The number of piperazine rings is 1. The first-order valence-electron chi connectivity index (χ1n) is 8.20. The average Bonchev–Trinajstić information content (AvgIpc) is 3.29. The molecule has 1 aliphatic carbocycles. The molecule has 0 aromatic heterocycles. The number of rotatable bonds is 5. The number of aryl methyl sites for hydroxylation is 1. The third-order valence-corrected chi connectivity index (χ3v) is 5.19. The molecule has 1 saturated carbocycles. The van der Waals surface area contributed by atoms with E-state index in [1.807, 2.05) is 0 Å². The van der Waals surface area contributed by atoms with Gasteiger partial charge in [-0.05, 0) is 57.6 Å². The van der Waals surface area contributed by atoms with Gasteiger partial charge in [0.05, 0.1) is 0 Å². The van der Waals surface area contributed by atoms with Crippen LogP contribution in [0.25, 0.3) is 0 Å². The minimum absolute atomic E-state index is 0.374. The zero-order valence-electron chi connectivity index (χ0n) is 12.9. The molecule has 0 radical (unpaired) electrons. The van der Waals surface area contributed by atoms with Crippen LogP contribution in [0, 0.1) is 5.92 Å². The Labute approximate surface area is 123 Å². The Hall–Kier alpha value is -0.860. The Morgan fingerprint density at radius 1 is 1.25 bits per heavy atom. The summed E-state index contributed by atoms with van der Waals surface area (Å²) < 4.78 is 0. The quantitative estimate of drug-likeness (QED) is 0.886. The maximum absolute atomic E-state index is 3.80. The highest BCUT2D eigenvalue weighted by Gasteiger charge is 2.44. The van der Waals surface area contributed by atoms with Crippen LogP contribution in [-0.4, -0.2) is 36.1 Å². The second-order valence-corrected chi connectivity index (χ2v) is 6.98. The Bertz CT molecular complexity index is 426. The second kappa shape index (κ2) is 5.87. The van der Waals surface area contributed by atoms with Crippen LogP contribution in [0.15, 0.2) is 30.3 Å². The first-order chi connectivity index (χ1) is 9.67. The lowest BCUT2D eigenvalue weighted by molar-refractivity contribution is 0.0824. The van der Waals surface area contributed by atoms with E-state index >= 15 is 0 Å². The van der Waals surface area contributed by atoms with Crippen molar-refractivity contribution in [3.63, 3.8) is 0 Å². The zero-order valence-corrected chi connectivity index (χ0v) is 12.9. The van der Waals surface area contributed by atoms with Crippen LogP contribution in [0.4, 0.5) is 0 Å². The van der Waals surface area contributed by atoms with Gasteiger partial charge in [-0.2, -0.15) is 0 Å².